The van der Waals surface area contributed by atoms with E-state index in [2.05, 4.69) is 38.8 Å². The highest BCUT2D eigenvalue weighted by molar-refractivity contribution is 9.10. The maximum absolute atomic E-state index is 8.77. The molecule has 16 heavy (non-hydrogen) atoms. The van der Waals surface area contributed by atoms with Gasteiger partial charge in [-0.25, -0.2) is 0 Å². The summed E-state index contributed by atoms with van der Waals surface area (Å²) in [6.07, 6.45) is 0. The second-order valence-corrected chi connectivity index (χ2v) is 5.19. The van der Waals surface area contributed by atoms with Gasteiger partial charge in [-0.05, 0) is 40.2 Å². The number of hydrogen-bond donors (Lipinski definition) is 1. The van der Waals surface area contributed by atoms with E-state index >= 15 is 0 Å². The van der Waals surface area contributed by atoms with Crippen molar-refractivity contribution < 1.29 is 0 Å². The molecule has 0 unspecified atom stereocenters. The van der Waals surface area contributed by atoms with E-state index in [-0.39, 0.29) is 0 Å². The Morgan fingerprint density at radius 3 is 2.94 bits per heavy atom. The number of nitrogens with one attached hydrogen (secondary N) is 1. The summed E-state index contributed by atoms with van der Waals surface area (Å²) in [5.74, 6) is 0. The smallest absolute Gasteiger partial charge is 0.0992 e. The van der Waals surface area contributed by atoms with Gasteiger partial charge < -0.3 is 5.32 Å². The van der Waals surface area contributed by atoms with Crippen LogP contribution in [-0.2, 0) is 6.54 Å². The van der Waals surface area contributed by atoms with Crippen LogP contribution in [0, 0.1) is 11.3 Å². The van der Waals surface area contributed by atoms with Crippen molar-refractivity contribution in [3.05, 3.63) is 50.6 Å². The first-order valence-electron chi connectivity index (χ1n) is 4.75. The van der Waals surface area contributed by atoms with Crippen molar-refractivity contribution in [2.24, 2.45) is 0 Å². The standard InChI is InChI=1S/C12H9BrN2S/c13-10-5-12(16-8-10)7-15-11-3-1-2-9(4-11)6-14/h1-5,8,15H,7H2. The summed E-state index contributed by atoms with van der Waals surface area (Å²) < 4.78 is 1.11. The molecule has 2 rings (SSSR count). The predicted molar refractivity (Wildman–Crippen MR) is 70.5 cm³/mol. The first kappa shape index (κ1) is 11.2. The summed E-state index contributed by atoms with van der Waals surface area (Å²) in [6.45, 7) is 0.783. The SMILES string of the molecule is N#Cc1cccc(NCc2cc(Br)cs2)c1. The fourth-order valence-corrected chi connectivity index (χ4v) is 2.73. The molecule has 1 aromatic carbocycles. The van der Waals surface area contributed by atoms with Crippen LogP contribution in [-0.4, -0.2) is 0 Å². The Morgan fingerprint density at radius 1 is 1.38 bits per heavy atom. The highest BCUT2D eigenvalue weighted by Crippen LogP contribution is 2.21. The van der Waals surface area contributed by atoms with Crippen LogP contribution >= 0.6 is 27.3 Å². The first-order valence-corrected chi connectivity index (χ1v) is 6.42. The Labute approximate surface area is 107 Å². The van der Waals surface area contributed by atoms with Crippen LogP contribution in [0.2, 0.25) is 0 Å². The van der Waals surface area contributed by atoms with E-state index in [1.54, 1.807) is 17.4 Å². The number of nitriles is 1. The molecule has 0 saturated heterocycles. The Morgan fingerprint density at radius 2 is 2.25 bits per heavy atom. The topological polar surface area (TPSA) is 35.8 Å². The molecule has 4 heteroatoms. The predicted octanol–water partition coefficient (Wildman–Crippen LogP) is 3.99. The highest BCUT2D eigenvalue weighted by Gasteiger charge is 1.98. The first-order chi connectivity index (χ1) is 7.78. The van der Waals surface area contributed by atoms with E-state index in [9.17, 15) is 0 Å². The summed E-state index contributed by atoms with van der Waals surface area (Å²) in [5.41, 5.74) is 1.65. The minimum absolute atomic E-state index is 0.678. The van der Waals surface area contributed by atoms with E-state index in [0.29, 0.717) is 5.56 Å². The van der Waals surface area contributed by atoms with E-state index in [4.69, 9.17) is 5.26 Å². The van der Waals surface area contributed by atoms with Gasteiger partial charge in [0.05, 0.1) is 11.6 Å². The van der Waals surface area contributed by atoms with Crippen molar-refractivity contribution in [3.63, 3.8) is 0 Å². The summed E-state index contributed by atoms with van der Waals surface area (Å²) in [7, 11) is 0. The van der Waals surface area contributed by atoms with E-state index in [1.807, 2.05) is 18.2 Å². The lowest BCUT2D eigenvalue weighted by Crippen LogP contribution is -1.97. The Hall–Kier alpha value is -1.31. The quantitative estimate of drug-likeness (QED) is 0.928. The summed E-state index contributed by atoms with van der Waals surface area (Å²) >= 11 is 5.13. The summed E-state index contributed by atoms with van der Waals surface area (Å²) in [6, 6.07) is 11.7. The van der Waals surface area contributed by atoms with Gasteiger partial charge in [0, 0.05) is 27.0 Å². The summed E-state index contributed by atoms with van der Waals surface area (Å²) in [5, 5.41) is 14.1. The average Bonchev–Trinajstić information content (AvgIpc) is 2.73. The van der Waals surface area contributed by atoms with Gasteiger partial charge >= 0.3 is 0 Å². The second-order valence-electron chi connectivity index (χ2n) is 3.28. The Balaban J connectivity index is 2.02. The second kappa shape index (κ2) is 5.15. The van der Waals surface area contributed by atoms with Crippen LogP contribution in [0.15, 0.2) is 40.2 Å². The van der Waals surface area contributed by atoms with Crippen molar-refractivity contribution >= 4 is 33.0 Å². The molecule has 0 aliphatic heterocycles. The van der Waals surface area contributed by atoms with Gasteiger partial charge in [0.15, 0.2) is 0 Å². The number of rotatable bonds is 3. The molecule has 0 aliphatic rings. The minimum Gasteiger partial charge on any atom is -0.380 e. The van der Waals surface area contributed by atoms with Crippen molar-refractivity contribution in [3.8, 4) is 6.07 Å². The molecule has 0 bridgehead atoms. The van der Waals surface area contributed by atoms with Gasteiger partial charge in [-0.2, -0.15) is 5.26 Å². The molecule has 0 radical (unpaired) electrons. The number of benzene rings is 1. The van der Waals surface area contributed by atoms with Crippen LogP contribution in [0.5, 0.6) is 0 Å². The van der Waals surface area contributed by atoms with E-state index in [1.165, 1.54) is 4.88 Å². The lowest BCUT2D eigenvalue weighted by molar-refractivity contribution is 1.19. The molecule has 0 saturated carbocycles. The summed E-state index contributed by atoms with van der Waals surface area (Å²) in [4.78, 5) is 1.26. The van der Waals surface area contributed by atoms with Crippen LogP contribution in [0.25, 0.3) is 0 Å². The molecule has 0 atom stereocenters. The number of halogens is 1. The lowest BCUT2D eigenvalue weighted by atomic mass is 10.2. The van der Waals surface area contributed by atoms with E-state index in [0.717, 1.165) is 16.7 Å². The van der Waals surface area contributed by atoms with Crippen molar-refractivity contribution in [2.45, 2.75) is 6.54 Å². The Kier molecular flexibility index (Phi) is 3.60. The molecule has 0 aliphatic carbocycles. The zero-order valence-electron chi connectivity index (χ0n) is 8.40. The average molecular weight is 293 g/mol. The van der Waals surface area contributed by atoms with Gasteiger partial charge in [0.25, 0.3) is 0 Å². The molecule has 80 valence electrons. The molecule has 0 amide bonds. The van der Waals surface area contributed by atoms with Crippen molar-refractivity contribution in [1.29, 1.82) is 5.26 Å². The highest BCUT2D eigenvalue weighted by atomic mass is 79.9. The maximum Gasteiger partial charge on any atom is 0.0992 e. The maximum atomic E-state index is 8.77. The fourth-order valence-electron chi connectivity index (χ4n) is 1.33. The fraction of sp³-hybridized carbons (Fsp3) is 0.0833. The molecule has 1 N–H and O–H groups in total. The van der Waals surface area contributed by atoms with Gasteiger partial charge in [-0.1, -0.05) is 6.07 Å². The number of thiophene rings is 1. The third-order valence-corrected chi connectivity index (χ3v) is 3.78. The third kappa shape index (κ3) is 2.84. The molecule has 1 heterocycles. The van der Waals surface area contributed by atoms with Crippen LogP contribution < -0.4 is 5.32 Å². The molecular formula is C12H9BrN2S. The van der Waals surface area contributed by atoms with Gasteiger partial charge in [-0.15, -0.1) is 11.3 Å². The van der Waals surface area contributed by atoms with Crippen molar-refractivity contribution in [2.75, 3.05) is 5.32 Å². The zero-order chi connectivity index (χ0) is 11.4. The van der Waals surface area contributed by atoms with Crippen molar-refractivity contribution in [1.82, 2.24) is 0 Å². The lowest BCUT2D eigenvalue weighted by Gasteiger charge is -2.04. The monoisotopic (exact) mass is 292 g/mol. The number of nitrogens with zero attached hydrogens (tertiary/aromatic N) is 1. The molecule has 1 aromatic heterocycles. The largest absolute Gasteiger partial charge is 0.380 e. The number of anilines is 1. The van der Waals surface area contributed by atoms with Gasteiger partial charge in [0.2, 0.25) is 0 Å². The molecule has 2 nitrogen and oxygen atoms in total. The number of hydrogen-bond acceptors (Lipinski definition) is 3. The van der Waals surface area contributed by atoms with Crippen LogP contribution in [0.3, 0.4) is 0 Å². The van der Waals surface area contributed by atoms with Gasteiger partial charge in [-0.3, -0.25) is 0 Å². The molecule has 0 fully saturated rings. The minimum atomic E-state index is 0.678. The Bertz CT molecular complexity index is 528. The molecule has 0 spiro atoms. The van der Waals surface area contributed by atoms with E-state index < -0.39 is 0 Å². The van der Waals surface area contributed by atoms with Gasteiger partial charge in [0.1, 0.15) is 0 Å². The van der Waals surface area contributed by atoms with Crippen LogP contribution in [0.4, 0.5) is 5.69 Å². The normalized spacial score (nSPS) is 9.75. The zero-order valence-corrected chi connectivity index (χ0v) is 10.8. The molecular weight excluding hydrogens is 284 g/mol. The third-order valence-electron chi connectivity index (χ3n) is 2.08. The molecule has 2 aromatic rings. The van der Waals surface area contributed by atoms with Crippen LogP contribution in [0.1, 0.15) is 10.4 Å².